The lowest BCUT2D eigenvalue weighted by atomic mass is 9.93. The van der Waals surface area contributed by atoms with Crippen molar-refractivity contribution in [2.45, 2.75) is 44.8 Å². The van der Waals surface area contributed by atoms with Crippen LogP contribution in [0.5, 0.6) is 5.88 Å². The fourth-order valence-electron chi connectivity index (χ4n) is 2.00. The second-order valence-corrected chi connectivity index (χ2v) is 4.28. The Kier molecular flexibility index (Phi) is 3.21. The molecule has 1 aliphatic rings. The lowest BCUT2D eigenvalue weighted by molar-refractivity contribution is 0.126. The molecule has 1 aromatic heterocycles. The molecule has 2 unspecified atom stereocenters. The summed E-state index contributed by atoms with van der Waals surface area (Å²) in [4.78, 5) is 4.19. The number of aryl methyl sites for hydroxylation is 1. The van der Waals surface area contributed by atoms with Gasteiger partial charge < -0.3 is 10.5 Å². The zero-order valence-corrected chi connectivity index (χ0v) is 9.15. The predicted octanol–water partition coefficient (Wildman–Crippen LogP) is 2.04. The van der Waals surface area contributed by atoms with Crippen molar-refractivity contribution in [1.82, 2.24) is 4.98 Å². The standard InChI is InChI=1S/C12H18N2O/c1-9-6-7-14-12(8-9)15-11-5-3-2-4-10(11)13/h6-8,10-11H,2-5,13H2,1H3. The SMILES string of the molecule is Cc1ccnc(OC2CCCCC2N)c1. The molecule has 0 amide bonds. The molecule has 3 heteroatoms. The molecule has 1 fully saturated rings. The minimum absolute atomic E-state index is 0.146. The van der Waals surface area contributed by atoms with Crippen LogP contribution in [0.25, 0.3) is 0 Å². The zero-order valence-electron chi connectivity index (χ0n) is 9.15. The van der Waals surface area contributed by atoms with Crippen LogP contribution in [0.2, 0.25) is 0 Å². The third-order valence-corrected chi connectivity index (χ3v) is 2.92. The molecule has 2 rings (SSSR count). The highest BCUT2D eigenvalue weighted by molar-refractivity contribution is 5.19. The molecule has 1 saturated carbocycles. The van der Waals surface area contributed by atoms with E-state index in [2.05, 4.69) is 4.98 Å². The summed E-state index contributed by atoms with van der Waals surface area (Å²) in [7, 11) is 0. The minimum atomic E-state index is 0.146. The second kappa shape index (κ2) is 4.62. The molecule has 2 atom stereocenters. The molecule has 0 bridgehead atoms. The number of rotatable bonds is 2. The summed E-state index contributed by atoms with van der Waals surface area (Å²) in [5, 5.41) is 0. The summed E-state index contributed by atoms with van der Waals surface area (Å²) < 4.78 is 5.81. The number of aromatic nitrogens is 1. The van der Waals surface area contributed by atoms with E-state index in [0.717, 1.165) is 12.8 Å². The summed E-state index contributed by atoms with van der Waals surface area (Å²) in [6.07, 6.45) is 6.48. The van der Waals surface area contributed by atoms with Crippen LogP contribution in [0.15, 0.2) is 18.3 Å². The average molecular weight is 206 g/mol. The van der Waals surface area contributed by atoms with Gasteiger partial charge in [0.2, 0.25) is 5.88 Å². The lowest BCUT2D eigenvalue weighted by Gasteiger charge is -2.28. The van der Waals surface area contributed by atoms with Crippen LogP contribution >= 0.6 is 0 Å². The van der Waals surface area contributed by atoms with Gasteiger partial charge in [-0.15, -0.1) is 0 Å². The highest BCUT2D eigenvalue weighted by atomic mass is 16.5. The van der Waals surface area contributed by atoms with Gasteiger partial charge in [0, 0.05) is 18.3 Å². The van der Waals surface area contributed by atoms with E-state index in [0.29, 0.717) is 5.88 Å². The van der Waals surface area contributed by atoms with Crippen molar-refractivity contribution in [3.8, 4) is 5.88 Å². The first-order valence-corrected chi connectivity index (χ1v) is 5.60. The first-order valence-electron chi connectivity index (χ1n) is 5.60. The Balaban J connectivity index is 2.01. The largest absolute Gasteiger partial charge is 0.473 e. The van der Waals surface area contributed by atoms with E-state index >= 15 is 0 Å². The molecule has 1 aliphatic carbocycles. The number of hydrogen-bond acceptors (Lipinski definition) is 3. The molecule has 1 heterocycles. The molecule has 0 aliphatic heterocycles. The van der Waals surface area contributed by atoms with Crippen molar-refractivity contribution in [2.75, 3.05) is 0 Å². The molecule has 0 aromatic carbocycles. The molecule has 15 heavy (non-hydrogen) atoms. The Hall–Kier alpha value is -1.09. The van der Waals surface area contributed by atoms with Gasteiger partial charge in [-0.1, -0.05) is 6.42 Å². The smallest absolute Gasteiger partial charge is 0.213 e. The van der Waals surface area contributed by atoms with Crippen LogP contribution in [-0.4, -0.2) is 17.1 Å². The molecule has 0 saturated heterocycles. The number of pyridine rings is 1. The van der Waals surface area contributed by atoms with Gasteiger partial charge >= 0.3 is 0 Å². The monoisotopic (exact) mass is 206 g/mol. The van der Waals surface area contributed by atoms with Gasteiger partial charge in [-0.2, -0.15) is 0 Å². The maximum atomic E-state index is 6.01. The third kappa shape index (κ3) is 2.69. The van der Waals surface area contributed by atoms with Crippen molar-refractivity contribution in [2.24, 2.45) is 5.73 Å². The van der Waals surface area contributed by atoms with E-state index in [4.69, 9.17) is 10.5 Å². The Labute approximate surface area is 90.7 Å². The maximum Gasteiger partial charge on any atom is 0.213 e. The molecular weight excluding hydrogens is 188 g/mol. The fraction of sp³-hybridized carbons (Fsp3) is 0.583. The molecule has 3 nitrogen and oxygen atoms in total. The molecule has 0 radical (unpaired) electrons. The van der Waals surface area contributed by atoms with Gasteiger partial charge in [0.1, 0.15) is 6.10 Å². The first kappa shape index (κ1) is 10.4. The Morgan fingerprint density at radius 3 is 2.93 bits per heavy atom. The molecule has 1 aromatic rings. The summed E-state index contributed by atoms with van der Waals surface area (Å²) in [5.74, 6) is 0.706. The lowest BCUT2D eigenvalue weighted by Crippen LogP contribution is -2.41. The van der Waals surface area contributed by atoms with Crippen LogP contribution in [0, 0.1) is 6.92 Å². The van der Waals surface area contributed by atoms with E-state index < -0.39 is 0 Å². The molecule has 0 spiro atoms. The third-order valence-electron chi connectivity index (χ3n) is 2.92. The van der Waals surface area contributed by atoms with E-state index in [1.807, 2.05) is 19.1 Å². The van der Waals surface area contributed by atoms with Crippen LogP contribution < -0.4 is 10.5 Å². The van der Waals surface area contributed by atoms with Gasteiger partial charge in [-0.05, 0) is 37.8 Å². The number of nitrogens with two attached hydrogens (primary N) is 1. The highest BCUT2D eigenvalue weighted by Gasteiger charge is 2.23. The van der Waals surface area contributed by atoms with Gasteiger partial charge in [-0.25, -0.2) is 4.98 Å². The van der Waals surface area contributed by atoms with Crippen molar-refractivity contribution >= 4 is 0 Å². The zero-order chi connectivity index (χ0) is 10.7. The van der Waals surface area contributed by atoms with Crippen LogP contribution in [-0.2, 0) is 0 Å². The first-order chi connectivity index (χ1) is 7.25. The summed E-state index contributed by atoms with van der Waals surface area (Å²) in [6, 6.07) is 4.09. The number of ether oxygens (including phenoxy) is 1. The molecule has 2 N–H and O–H groups in total. The van der Waals surface area contributed by atoms with Crippen molar-refractivity contribution in [3.63, 3.8) is 0 Å². The minimum Gasteiger partial charge on any atom is -0.473 e. The number of hydrogen-bond donors (Lipinski definition) is 1. The van der Waals surface area contributed by atoms with Crippen molar-refractivity contribution in [3.05, 3.63) is 23.9 Å². The Bertz CT molecular complexity index is 327. The highest BCUT2D eigenvalue weighted by Crippen LogP contribution is 2.21. The fourth-order valence-corrected chi connectivity index (χ4v) is 2.00. The summed E-state index contributed by atoms with van der Waals surface area (Å²) in [6.45, 7) is 2.04. The van der Waals surface area contributed by atoms with E-state index in [9.17, 15) is 0 Å². The average Bonchev–Trinajstić information content (AvgIpc) is 2.22. The topological polar surface area (TPSA) is 48.1 Å². The van der Waals surface area contributed by atoms with Crippen LogP contribution in [0.3, 0.4) is 0 Å². The van der Waals surface area contributed by atoms with Gasteiger partial charge in [0.25, 0.3) is 0 Å². The maximum absolute atomic E-state index is 6.01. The Morgan fingerprint density at radius 1 is 1.40 bits per heavy atom. The van der Waals surface area contributed by atoms with Crippen molar-refractivity contribution < 1.29 is 4.74 Å². The van der Waals surface area contributed by atoms with E-state index in [-0.39, 0.29) is 12.1 Å². The van der Waals surface area contributed by atoms with Gasteiger partial charge in [0.05, 0.1) is 0 Å². The van der Waals surface area contributed by atoms with Crippen molar-refractivity contribution in [1.29, 1.82) is 0 Å². The second-order valence-electron chi connectivity index (χ2n) is 4.28. The number of nitrogens with zero attached hydrogens (tertiary/aromatic N) is 1. The van der Waals surface area contributed by atoms with E-state index in [1.54, 1.807) is 6.20 Å². The van der Waals surface area contributed by atoms with Gasteiger partial charge in [0.15, 0.2) is 0 Å². The van der Waals surface area contributed by atoms with Gasteiger partial charge in [-0.3, -0.25) is 0 Å². The predicted molar refractivity (Wildman–Crippen MR) is 59.8 cm³/mol. The molecular formula is C12H18N2O. The summed E-state index contributed by atoms with van der Waals surface area (Å²) >= 11 is 0. The quantitative estimate of drug-likeness (QED) is 0.805. The summed E-state index contributed by atoms with van der Waals surface area (Å²) in [5.41, 5.74) is 7.18. The van der Waals surface area contributed by atoms with Crippen LogP contribution in [0.1, 0.15) is 31.2 Å². The van der Waals surface area contributed by atoms with E-state index in [1.165, 1.54) is 18.4 Å². The molecule has 82 valence electrons. The Morgan fingerprint density at radius 2 is 2.20 bits per heavy atom. The normalized spacial score (nSPS) is 26.3. The van der Waals surface area contributed by atoms with Crippen LogP contribution in [0.4, 0.5) is 0 Å².